The number of methoxy groups -OCH3 is 2. The van der Waals surface area contributed by atoms with Gasteiger partial charge in [-0.1, -0.05) is 0 Å². The number of hydrogen-bond acceptors (Lipinski definition) is 9. The van der Waals surface area contributed by atoms with E-state index in [1.807, 2.05) is 18.3 Å². The van der Waals surface area contributed by atoms with E-state index in [0.29, 0.717) is 36.4 Å². The molecular formula is C23H20N6O4. The van der Waals surface area contributed by atoms with Crippen LogP contribution in [0.1, 0.15) is 0 Å². The van der Waals surface area contributed by atoms with E-state index in [4.69, 9.17) is 18.9 Å². The maximum atomic E-state index is 5.92. The molecule has 10 nitrogen and oxygen atoms in total. The monoisotopic (exact) mass is 444 g/mol. The number of benzene rings is 1. The SMILES string of the molecule is COc1ncc2c(-c3ncnc4cc(OCCOc5ccncc5)c(OC)cc34)c[nH]c2n1. The van der Waals surface area contributed by atoms with Crippen LogP contribution in [0.15, 0.2) is 55.4 Å². The largest absolute Gasteiger partial charge is 0.493 e. The van der Waals surface area contributed by atoms with E-state index in [-0.39, 0.29) is 0 Å². The summed E-state index contributed by atoms with van der Waals surface area (Å²) in [6, 6.07) is 7.58. The Morgan fingerprint density at radius 3 is 2.55 bits per heavy atom. The normalized spacial score (nSPS) is 11.0. The van der Waals surface area contributed by atoms with Gasteiger partial charge in [0.15, 0.2) is 11.5 Å². The molecule has 166 valence electrons. The van der Waals surface area contributed by atoms with E-state index in [1.165, 1.54) is 13.4 Å². The number of hydrogen-bond donors (Lipinski definition) is 1. The lowest BCUT2D eigenvalue weighted by Crippen LogP contribution is -2.09. The van der Waals surface area contributed by atoms with Gasteiger partial charge in [0.25, 0.3) is 0 Å². The molecule has 0 saturated carbocycles. The van der Waals surface area contributed by atoms with E-state index < -0.39 is 0 Å². The number of fused-ring (bicyclic) bond motifs is 2. The second-order valence-corrected chi connectivity index (χ2v) is 6.94. The summed E-state index contributed by atoms with van der Waals surface area (Å²) in [5, 5.41) is 1.63. The summed E-state index contributed by atoms with van der Waals surface area (Å²) >= 11 is 0. The fourth-order valence-corrected chi connectivity index (χ4v) is 3.48. The number of aromatic amines is 1. The van der Waals surface area contributed by atoms with Crippen molar-refractivity contribution in [2.24, 2.45) is 0 Å². The first kappa shape index (κ1) is 20.4. The Morgan fingerprint density at radius 2 is 1.73 bits per heavy atom. The molecule has 10 heteroatoms. The third kappa shape index (κ3) is 4.05. The van der Waals surface area contributed by atoms with Crippen molar-refractivity contribution in [3.63, 3.8) is 0 Å². The van der Waals surface area contributed by atoms with Gasteiger partial charge < -0.3 is 23.9 Å². The minimum Gasteiger partial charge on any atom is -0.493 e. The van der Waals surface area contributed by atoms with Crippen molar-refractivity contribution in [3.8, 4) is 34.5 Å². The Bertz CT molecular complexity index is 1410. The Kier molecular flexibility index (Phi) is 5.54. The van der Waals surface area contributed by atoms with Crippen molar-refractivity contribution in [1.29, 1.82) is 0 Å². The second-order valence-electron chi connectivity index (χ2n) is 6.94. The van der Waals surface area contributed by atoms with Gasteiger partial charge in [0.2, 0.25) is 0 Å². The summed E-state index contributed by atoms with van der Waals surface area (Å²) in [5.41, 5.74) is 2.95. The zero-order valence-electron chi connectivity index (χ0n) is 18.0. The topological polar surface area (TPSA) is 117 Å². The fraction of sp³-hybridized carbons (Fsp3) is 0.174. The molecular weight excluding hydrogens is 424 g/mol. The summed E-state index contributed by atoms with van der Waals surface area (Å²) in [6.07, 6.45) is 8.42. The smallest absolute Gasteiger partial charge is 0.318 e. The van der Waals surface area contributed by atoms with Gasteiger partial charge in [-0.25, -0.2) is 15.0 Å². The van der Waals surface area contributed by atoms with E-state index in [0.717, 1.165) is 33.3 Å². The van der Waals surface area contributed by atoms with Crippen LogP contribution in [0.4, 0.5) is 0 Å². The minimum absolute atomic E-state index is 0.291. The lowest BCUT2D eigenvalue weighted by atomic mass is 10.1. The van der Waals surface area contributed by atoms with Crippen LogP contribution in [0.2, 0.25) is 0 Å². The molecule has 0 radical (unpaired) electrons. The van der Waals surface area contributed by atoms with Crippen LogP contribution < -0.4 is 18.9 Å². The first-order valence-corrected chi connectivity index (χ1v) is 10.1. The third-order valence-electron chi connectivity index (χ3n) is 5.03. The highest BCUT2D eigenvalue weighted by Gasteiger charge is 2.16. The molecule has 0 amide bonds. The van der Waals surface area contributed by atoms with Gasteiger partial charge in [0.1, 0.15) is 30.9 Å². The molecule has 0 spiro atoms. The zero-order chi connectivity index (χ0) is 22.6. The molecule has 4 heterocycles. The number of aromatic nitrogens is 6. The van der Waals surface area contributed by atoms with E-state index in [2.05, 4.69) is 29.9 Å². The minimum atomic E-state index is 0.291. The highest BCUT2D eigenvalue weighted by molar-refractivity contribution is 6.02. The maximum absolute atomic E-state index is 5.92. The molecule has 0 fully saturated rings. The second kappa shape index (κ2) is 8.95. The summed E-state index contributed by atoms with van der Waals surface area (Å²) in [5.74, 6) is 1.87. The molecule has 1 aromatic carbocycles. The van der Waals surface area contributed by atoms with E-state index in [9.17, 15) is 0 Å². The highest BCUT2D eigenvalue weighted by Crippen LogP contribution is 2.37. The summed E-state index contributed by atoms with van der Waals surface area (Å²) < 4.78 is 22.3. The van der Waals surface area contributed by atoms with Crippen LogP contribution in [0, 0.1) is 0 Å². The molecule has 5 aromatic rings. The van der Waals surface area contributed by atoms with Crippen molar-refractivity contribution in [1.82, 2.24) is 29.9 Å². The predicted octanol–water partition coefficient (Wildman–Crippen LogP) is 3.44. The molecule has 4 aromatic heterocycles. The molecule has 0 unspecified atom stereocenters. The van der Waals surface area contributed by atoms with E-state index >= 15 is 0 Å². The van der Waals surface area contributed by atoms with Crippen LogP contribution in [-0.4, -0.2) is 57.3 Å². The first-order valence-electron chi connectivity index (χ1n) is 10.1. The van der Waals surface area contributed by atoms with Crippen LogP contribution in [-0.2, 0) is 0 Å². The Hall–Kier alpha value is -4.47. The Labute approximate surface area is 188 Å². The molecule has 33 heavy (non-hydrogen) atoms. The number of ether oxygens (including phenoxy) is 4. The Balaban J connectivity index is 1.44. The third-order valence-corrected chi connectivity index (χ3v) is 5.03. The molecule has 1 N–H and O–H groups in total. The molecule has 0 aliphatic heterocycles. The standard InChI is InChI=1S/C23H20N6O4/c1-30-19-9-15-18(10-20(19)33-8-7-32-14-3-5-24-6-4-14)27-13-28-21(15)16-11-25-22-17(16)12-26-23(29-22)31-2/h3-6,9-13H,7-8H2,1-2H3,(H,25,26,29). The van der Waals surface area contributed by atoms with E-state index in [1.54, 1.807) is 37.8 Å². The summed E-state index contributed by atoms with van der Waals surface area (Å²) in [6.45, 7) is 0.711. The fourth-order valence-electron chi connectivity index (χ4n) is 3.48. The van der Waals surface area contributed by atoms with Gasteiger partial charge in [0.05, 0.1) is 25.4 Å². The number of H-pyrrole nitrogens is 1. The predicted molar refractivity (Wildman–Crippen MR) is 121 cm³/mol. The maximum Gasteiger partial charge on any atom is 0.318 e. The summed E-state index contributed by atoms with van der Waals surface area (Å²) in [4.78, 5) is 24.6. The molecule has 0 atom stereocenters. The summed E-state index contributed by atoms with van der Waals surface area (Å²) in [7, 11) is 3.12. The highest BCUT2D eigenvalue weighted by atomic mass is 16.5. The average Bonchev–Trinajstić information content (AvgIpc) is 3.29. The van der Waals surface area contributed by atoms with Gasteiger partial charge in [-0.15, -0.1) is 0 Å². The number of nitrogens with zero attached hydrogens (tertiary/aromatic N) is 5. The van der Waals surface area contributed by atoms with Gasteiger partial charge in [0, 0.05) is 47.2 Å². The molecule has 0 aliphatic carbocycles. The quantitative estimate of drug-likeness (QED) is 0.359. The van der Waals surface area contributed by atoms with Crippen molar-refractivity contribution >= 4 is 21.9 Å². The average molecular weight is 444 g/mol. The van der Waals surface area contributed by atoms with Crippen molar-refractivity contribution < 1.29 is 18.9 Å². The lowest BCUT2D eigenvalue weighted by Gasteiger charge is -2.13. The van der Waals surface area contributed by atoms with Crippen LogP contribution in [0.5, 0.6) is 23.3 Å². The number of rotatable bonds is 8. The van der Waals surface area contributed by atoms with Crippen LogP contribution in [0.3, 0.4) is 0 Å². The van der Waals surface area contributed by atoms with Crippen molar-refractivity contribution in [2.45, 2.75) is 0 Å². The molecule has 5 rings (SSSR count). The zero-order valence-corrected chi connectivity index (χ0v) is 18.0. The first-order chi connectivity index (χ1) is 16.3. The molecule has 0 bridgehead atoms. The lowest BCUT2D eigenvalue weighted by molar-refractivity contribution is 0.211. The number of nitrogens with one attached hydrogen (secondary N) is 1. The molecule has 0 aliphatic rings. The van der Waals surface area contributed by atoms with Crippen molar-refractivity contribution in [3.05, 3.63) is 55.4 Å². The van der Waals surface area contributed by atoms with Crippen LogP contribution in [0.25, 0.3) is 33.2 Å². The van der Waals surface area contributed by atoms with Crippen molar-refractivity contribution in [2.75, 3.05) is 27.4 Å². The van der Waals surface area contributed by atoms with Gasteiger partial charge in [-0.3, -0.25) is 4.98 Å². The molecule has 0 saturated heterocycles. The number of pyridine rings is 1. The van der Waals surface area contributed by atoms with Gasteiger partial charge in [-0.05, 0) is 18.2 Å². The van der Waals surface area contributed by atoms with Gasteiger partial charge in [-0.2, -0.15) is 4.98 Å². The van der Waals surface area contributed by atoms with Gasteiger partial charge >= 0.3 is 6.01 Å². The Morgan fingerprint density at radius 1 is 0.879 bits per heavy atom. The van der Waals surface area contributed by atoms with Crippen LogP contribution >= 0.6 is 0 Å².